The Morgan fingerprint density at radius 2 is 1.50 bits per heavy atom. The number of amides is 2. The van der Waals surface area contributed by atoms with E-state index in [1.807, 2.05) is 37.3 Å². The van der Waals surface area contributed by atoms with Gasteiger partial charge in [-0.3, -0.25) is 9.59 Å². The van der Waals surface area contributed by atoms with Crippen LogP contribution in [0.5, 0.6) is 0 Å². The van der Waals surface area contributed by atoms with Crippen LogP contribution in [0.25, 0.3) is 0 Å². The largest absolute Gasteiger partial charge is 0.326 e. The van der Waals surface area contributed by atoms with Crippen LogP contribution in [-0.4, -0.2) is 11.8 Å². The van der Waals surface area contributed by atoms with Crippen molar-refractivity contribution in [3.8, 4) is 0 Å². The molecule has 0 saturated heterocycles. The van der Waals surface area contributed by atoms with E-state index >= 15 is 0 Å². The molecule has 3 aromatic rings. The van der Waals surface area contributed by atoms with Gasteiger partial charge < -0.3 is 10.6 Å². The van der Waals surface area contributed by atoms with Gasteiger partial charge in [-0.2, -0.15) is 0 Å². The third kappa shape index (κ3) is 4.78. The van der Waals surface area contributed by atoms with Crippen LogP contribution in [0.2, 0.25) is 5.02 Å². The van der Waals surface area contributed by atoms with Crippen molar-refractivity contribution >= 4 is 34.8 Å². The SMILES string of the molecule is CCC(C(=O)Nc1ccc(C(=O)Nc2ccccc2Cl)cc1)c1ccccc1. The normalized spacial score (nSPS) is 11.5. The molecule has 0 aliphatic rings. The first-order valence-corrected chi connectivity index (χ1v) is 9.48. The van der Waals surface area contributed by atoms with E-state index in [0.717, 1.165) is 5.56 Å². The Morgan fingerprint density at radius 3 is 2.14 bits per heavy atom. The Labute approximate surface area is 169 Å². The number of carbonyl (C=O) groups excluding carboxylic acids is 2. The van der Waals surface area contributed by atoms with Crippen LogP contribution in [0.15, 0.2) is 78.9 Å². The minimum Gasteiger partial charge on any atom is -0.326 e. The molecule has 3 rings (SSSR count). The maximum absolute atomic E-state index is 12.6. The molecule has 0 saturated carbocycles. The molecular formula is C23H21ClN2O2. The number of rotatable bonds is 6. The lowest BCUT2D eigenvalue weighted by Crippen LogP contribution is -2.20. The van der Waals surface area contributed by atoms with Gasteiger partial charge in [0.1, 0.15) is 0 Å². The number of carbonyl (C=O) groups is 2. The minimum absolute atomic E-state index is 0.0676. The van der Waals surface area contributed by atoms with Gasteiger partial charge in [-0.25, -0.2) is 0 Å². The molecule has 2 amide bonds. The van der Waals surface area contributed by atoms with Crippen molar-refractivity contribution in [2.75, 3.05) is 10.6 Å². The molecule has 0 fully saturated rings. The van der Waals surface area contributed by atoms with E-state index in [4.69, 9.17) is 11.6 Å². The molecule has 1 unspecified atom stereocenters. The molecule has 0 radical (unpaired) electrons. The summed E-state index contributed by atoms with van der Waals surface area (Å²) in [5.74, 6) is -0.548. The van der Waals surface area contributed by atoms with Crippen LogP contribution in [0.1, 0.15) is 35.2 Å². The minimum atomic E-state index is -0.262. The number of hydrogen-bond donors (Lipinski definition) is 2. The van der Waals surface area contributed by atoms with E-state index in [-0.39, 0.29) is 17.7 Å². The summed E-state index contributed by atoms with van der Waals surface area (Å²) in [6.07, 6.45) is 0.703. The number of nitrogens with one attached hydrogen (secondary N) is 2. The van der Waals surface area contributed by atoms with Gasteiger partial charge in [0.05, 0.1) is 16.6 Å². The zero-order chi connectivity index (χ0) is 19.9. The Bertz CT molecular complexity index is 956. The summed E-state index contributed by atoms with van der Waals surface area (Å²) in [7, 11) is 0. The molecule has 0 spiro atoms. The Kier molecular flexibility index (Phi) is 6.45. The van der Waals surface area contributed by atoms with E-state index in [0.29, 0.717) is 28.4 Å². The van der Waals surface area contributed by atoms with Gasteiger partial charge in [-0.15, -0.1) is 0 Å². The number of anilines is 2. The molecule has 28 heavy (non-hydrogen) atoms. The third-order valence-electron chi connectivity index (χ3n) is 4.46. The van der Waals surface area contributed by atoms with Crippen molar-refractivity contribution in [1.82, 2.24) is 0 Å². The maximum Gasteiger partial charge on any atom is 0.255 e. The smallest absolute Gasteiger partial charge is 0.255 e. The van der Waals surface area contributed by atoms with E-state index in [1.165, 1.54) is 0 Å². The summed E-state index contributed by atoms with van der Waals surface area (Å²) in [5.41, 5.74) is 2.67. The molecule has 0 heterocycles. The highest BCUT2D eigenvalue weighted by atomic mass is 35.5. The highest BCUT2D eigenvalue weighted by molar-refractivity contribution is 6.33. The monoisotopic (exact) mass is 392 g/mol. The van der Waals surface area contributed by atoms with Crippen molar-refractivity contribution in [2.24, 2.45) is 0 Å². The number of para-hydroxylation sites is 1. The highest BCUT2D eigenvalue weighted by Crippen LogP contribution is 2.23. The van der Waals surface area contributed by atoms with E-state index in [2.05, 4.69) is 10.6 Å². The fourth-order valence-electron chi connectivity index (χ4n) is 2.95. The van der Waals surface area contributed by atoms with Gasteiger partial charge in [-0.05, 0) is 48.4 Å². The molecule has 142 valence electrons. The van der Waals surface area contributed by atoms with Crippen molar-refractivity contribution in [2.45, 2.75) is 19.3 Å². The standard InChI is InChI=1S/C23H21ClN2O2/c1-2-19(16-8-4-3-5-9-16)23(28)25-18-14-12-17(13-15-18)22(27)26-21-11-7-6-10-20(21)24/h3-15,19H,2H2,1H3,(H,25,28)(H,26,27). The van der Waals surface area contributed by atoms with Crippen LogP contribution in [0, 0.1) is 0 Å². The van der Waals surface area contributed by atoms with Crippen LogP contribution in [0.4, 0.5) is 11.4 Å². The van der Waals surface area contributed by atoms with Crippen LogP contribution >= 0.6 is 11.6 Å². The second-order valence-electron chi connectivity index (χ2n) is 6.37. The van der Waals surface area contributed by atoms with Gasteiger partial charge in [0.15, 0.2) is 0 Å². The fraction of sp³-hybridized carbons (Fsp3) is 0.130. The first-order chi connectivity index (χ1) is 13.6. The van der Waals surface area contributed by atoms with Gasteiger partial charge in [-0.1, -0.05) is 61.0 Å². The Hall–Kier alpha value is -3.11. The van der Waals surface area contributed by atoms with Gasteiger partial charge in [0, 0.05) is 11.3 Å². The van der Waals surface area contributed by atoms with Gasteiger partial charge in [0.25, 0.3) is 5.91 Å². The summed E-state index contributed by atoms with van der Waals surface area (Å²) in [4.78, 5) is 25.0. The summed E-state index contributed by atoms with van der Waals surface area (Å²) in [5, 5.41) is 6.18. The molecule has 2 N–H and O–H groups in total. The predicted molar refractivity (Wildman–Crippen MR) is 114 cm³/mol. The molecule has 0 aromatic heterocycles. The summed E-state index contributed by atoms with van der Waals surface area (Å²) in [6.45, 7) is 1.99. The van der Waals surface area contributed by atoms with Crippen molar-refractivity contribution in [3.05, 3.63) is 95.0 Å². The average molecular weight is 393 g/mol. The van der Waals surface area contributed by atoms with Crippen molar-refractivity contribution < 1.29 is 9.59 Å². The fourth-order valence-corrected chi connectivity index (χ4v) is 3.13. The number of benzene rings is 3. The first kappa shape index (κ1) is 19.6. The zero-order valence-electron chi connectivity index (χ0n) is 15.5. The van der Waals surface area contributed by atoms with Crippen LogP contribution in [0.3, 0.4) is 0 Å². The third-order valence-corrected chi connectivity index (χ3v) is 4.79. The molecule has 3 aromatic carbocycles. The van der Waals surface area contributed by atoms with Crippen LogP contribution in [-0.2, 0) is 4.79 Å². The second kappa shape index (κ2) is 9.20. The second-order valence-corrected chi connectivity index (χ2v) is 6.78. The van der Waals surface area contributed by atoms with Gasteiger partial charge >= 0.3 is 0 Å². The topological polar surface area (TPSA) is 58.2 Å². The molecule has 4 nitrogen and oxygen atoms in total. The van der Waals surface area contributed by atoms with E-state index in [9.17, 15) is 9.59 Å². The van der Waals surface area contributed by atoms with Gasteiger partial charge in [0.2, 0.25) is 5.91 Å². The molecule has 0 bridgehead atoms. The number of halogens is 1. The lowest BCUT2D eigenvalue weighted by Gasteiger charge is -2.15. The summed E-state index contributed by atoms with van der Waals surface area (Å²) >= 11 is 6.07. The molecule has 0 aliphatic heterocycles. The summed E-state index contributed by atoms with van der Waals surface area (Å²) < 4.78 is 0. The average Bonchev–Trinajstić information content (AvgIpc) is 2.71. The lowest BCUT2D eigenvalue weighted by atomic mass is 9.95. The van der Waals surface area contributed by atoms with Crippen molar-refractivity contribution in [1.29, 1.82) is 0 Å². The Morgan fingerprint density at radius 1 is 0.857 bits per heavy atom. The molecule has 5 heteroatoms. The first-order valence-electron chi connectivity index (χ1n) is 9.10. The summed E-state index contributed by atoms with van der Waals surface area (Å²) in [6, 6.07) is 23.5. The lowest BCUT2D eigenvalue weighted by molar-refractivity contribution is -0.117. The van der Waals surface area contributed by atoms with E-state index < -0.39 is 0 Å². The predicted octanol–water partition coefficient (Wildman–Crippen LogP) is 5.72. The molecule has 1 atom stereocenters. The highest BCUT2D eigenvalue weighted by Gasteiger charge is 2.18. The Balaban J connectivity index is 1.66. The maximum atomic E-state index is 12.6. The molecular weight excluding hydrogens is 372 g/mol. The zero-order valence-corrected chi connectivity index (χ0v) is 16.2. The van der Waals surface area contributed by atoms with Crippen LogP contribution < -0.4 is 10.6 Å². The molecule has 0 aliphatic carbocycles. The number of hydrogen-bond acceptors (Lipinski definition) is 2. The van der Waals surface area contributed by atoms with Crippen molar-refractivity contribution in [3.63, 3.8) is 0 Å². The van der Waals surface area contributed by atoms with E-state index in [1.54, 1.807) is 48.5 Å². The quantitative estimate of drug-likeness (QED) is 0.563.